The smallest absolute Gasteiger partial charge is 0.220 e. The van der Waals surface area contributed by atoms with Gasteiger partial charge in [0.1, 0.15) is 48.8 Å². The minimum Gasteiger partial charge on any atom is -0.394 e. The quantitative estimate of drug-likeness (QED) is 0.0445. The van der Waals surface area contributed by atoms with Crippen LogP contribution in [-0.4, -0.2) is 140 Å². The van der Waals surface area contributed by atoms with Crippen LogP contribution in [0.3, 0.4) is 0 Å². The minimum atomic E-state index is -1.78. The summed E-state index contributed by atoms with van der Waals surface area (Å²) in [5.41, 5.74) is 0. The Hall–Kier alpha value is -1.01. The lowest BCUT2D eigenvalue weighted by molar-refractivity contribution is -0.359. The maximum absolute atomic E-state index is 13.0. The first-order valence-corrected chi connectivity index (χ1v) is 21.8. The van der Waals surface area contributed by atoms with Gasteiger partial charge in [0.25, 0.3) is 0 Å². The molecule has 326 valence electrons. The van der Waals surface area contributed by atoms with E-state index >= 15 is 0 Å². The summed E-state index contributed by atoms with van der Waals surface area (Å²) in [6.45, 7) is 2.70. The molecular formula is C41H79NO13. The molecule has 1 amide bonds. The highest BCUT2D eigenvalue weighted by Gasteiger charge is 2.51. The van der Waals surface area contributed by atoms with Crippen LogP contribution in [0.4, 0.5) is 0 Å². The molecule has 12 atom stereocenters. The number of aliphatic hydroxyl groups excluding tert-OH is 8. The highest BCUT2D eigenvalue weighted by Crippen LogP contribution is 2.30. The third-order valence-corrected chi connectivity index (χ3v) is 11.1. The number of rotatable bonds is 32. The normalized spacial score (nSPS) is 29.6. The zero-order valence-corrected chi connectivity index (χ0v) is 33.9. The first-order valence-electron chi connectivity index (χ1n) is 21.8. The number of nitrogens with one attached hydrogen (secondary N) is 1. The van der Waals surface area contributed by atoms with E-state index in [0.29, 0.717) is 12.8 Å². The Morgan fingerprint density at radius 3 is 1.55 bits per heavy atom. The summed E-state index contributed by atoms with van der Waals surface area (Å²) in [5.74, 6) is -0.214. The van der Waals surface area contributed by atoms with Crippen molar-refractivity contribution in [3.63, 3.8) is 0 Å². The predicted molar refractivity (Wildman–Crippen MR) is 208 cm³/mol. The van der Waals surface area contributed by atoms with Crippen molar-refractivity contribution >= 4 is 5.91 Å². The number of ether oxygens (including phenoxy) is 4. The summed E-state index contributed by atoms with van der Waals surface area (Å²) >= 11 is 0. The van der Waals surface area contributed by atoms with Gasteiger partial charge in [-0.2, -0.15) is 0 Å². The van der Waals surface area contributed by atoms with E-state index in [-0.39, 0.29) is 12.5 Å². The van der Waals surface area contributed by atoms with Crippen LogP contribution in [0, 0.1) is 0 Å². The molecule has 2 aliphatic rings. The lowest BCUT2D eigenvalue weighted by Crippen LogP contribution is -2.65. The summed E-state index contributed by atoms with van der Waals surface area (Å²) < 4.78 is 22.5. The van der Waals surface area contributed by atoms with Gasteiger partial charge in [0, 0.05) is 6.42 Å². The zero-order chi connectivity index (χ0) is 40.4. The monoisotopic (exact) mass is 794 g/mol. The van der Waals surface area contributed by atoms with Crippen molar-refractivity contribution in [3.05, 3.63) is 0 Å². The van der Waals surface area contributed by atoms with E-state index in [1.54, 1.807) is 0 Å². The Morgan fingerprint density at radius 1 is 0.582 bits per heavy atom. The van der Waals surface area contributed by atoms with Crippen LogP contribution < -0.4 is 5.32 Å². The van der Waals surface area contributed by atoms with Gasteiger partial charge in [-0.3, -0.25) is 4.79 Å². The average molecular weight is 794 g/mol. The van der Waals surface area contributed by atoms with Gasteiger partial charge in [-0.05, 0) is 12.8 Å². The number of hydrogen-bond acceptors (Lipinski definition) is 13. The molecule has 2 aliphatic heterocycles. The van der Waals surface area contributed by atoms with Crippen LogP contribution in [0.1, 0.15) is 162 Å². The molecule has 0 bridgehead atoms. The predicted octanol–water partition coefficient (Wildman–Crippen LogP) is 3.48. The Balaban J connectivity index is 1.77. The number of carbonyl (C=O) groups excluding carboxylic acids is 1. The van der Waals surface area contributed by atoms with Crippen LogP contribution in [0.25, 0.3) is 0 Å². The molecule has 2 rings (SSSR count). The van der Waals surface area contributed by atoms with Crippen molar-refractivity contribution in [2.45, 2.75) is 235 Å². The first kappa shape index (κ1) is 50.1. The molecular weight excluding hydrogens is 714 g/mol. The SMILES string of the molecule is CCCCCCCCCCCCCCCCCCCC(=O)NC(COC1OC(CO)C(OC2OC(CO)C(O)C(O)C2O)C(O)C1O)C(O)CCCCCC. The molecule has 12 unspecified atom stereocenters. The fourth-order valence-electron chi connectivity index (χ4n) is 7.41. The van der Waals surface area contributed by atoms with Gasteiger partial charge in [-0.25, -0.2) is 0 Å². The number of hydrogen-bond donors (Lipinski definition) is 9. The summed E-state index contributed by atoms with van der Waals surface area (Å²) in [5, 5.41) is 85.9. The van der Waals surface area contributed by atoms with E-state index in [4.69, 9.17) is 18.9 Å². The van der Waals surface area contributed by atoms with Crippen LogP contribution in [-0.2, 0) is 23.7 Å². The van der Waals surface area contributed by atoms with Crippen LogP contribution in [0.15, 0.2) is 0 Å². The van der Waals surface area contributed by atoms with Crippen LogP contribution >= 0.6 is 0 Å². The van der Waals surface area contributed by atoms with Crippen LogP contribution in [0.2, 0.25) is 0 Å². The van der Waals surface area contributed by atoms with Gasteiger partial charge in [-0.1, -0.05) is 142 Å². The Kier molecular flexibility index (Phi) is 27.4. The van der Waals surface area contributed by atoms with Crippen molar-refractivity contribution in [2.75, 3.05) is 19.8 Å². The maximum Gasteiger partial charge on any atom is 0.220 e. The molecule has 2 fully saturated rings. The second kappa shape index (κ2) is 30.1. The third kappa shape index (κ3) is 19.1. The van der Waals surface area contributed by atoms with Crippen molar-refractivity contribution < 1.29 is 64.6 Å². The topological polar surface area (TPSA) is 228 Å². The van der Waals surface area contributed by atoms with E-state index in [1.807, 2.05) is 0 Å². The van der Waals surface area contributed by atoms with Crippen molar-refractivity contribution in [3.8, 4) is 0 Å². The molecule has 0 aromatic heterocycles. The molecule has 2 heterocycles. The number of unbranched alkanes of at least 4 members (excludes halogenated alkanes) is 19. The van der Waals surface area contributed by atoms with E-state index < -0.39 is 86.8 Å². The highest BCUT2D eigenvalue weighted by atomic mass is 16.7. The average Bonchev–Trinajstić information content (AvgIpc) is 3.18. The van der Waals surface area contributed by atoms with Crippen LogP contribution in [0.5, 0.6) is 0 Å². The van der Waals surface area contributed by atoms with Gasteiger partial charge in [0.05, 0.1) is 32.0 Å². The first-order chi connectivity index (χ1) is 26.6. The highest BCUT2D eigenvalue weighted by molar-refractivity contribution is 5.76. The molecule has 2 saturated heterocycles. The summed E-state index contributed by atoms with van der Waals surface area (Å²) in [6, 6.07) is -0.816. The van der Waals surface area contributed by atoms with Gasteiger partial charge < -0.3 is 65.1 Å². The molecule has 9 N–H and O–H groups in total. The summed E-state index contributed by atoms with van der Waals surface area (Å²) in [4.78, 5) is 13.0. The molecule has 14 heteroatoms. The molecule has 0 aliphatic carbocycles. The second-order valence-corrected chi connectivity index (χ2v) is 15.8. The lowest BCUT2D eigenvalue weighted by Gasteiger charge is -2.46. The third-order valence-electron chi connectivity index (χ3n) is 11.1. The molecule has 0 spiro atoms. The lowest BCUT2D eigenvalue weighted by atomic mass is 9.97. The fourth-order valence-corrected chi connectivity index (χ4v) is 7.41. The van der Waals surface area contributed by atoms with E-state index in [1.165, 1.54) is 83.5 Å². The largest absolute Gasteiger partial charge is 0.394 e. The molecule has 0 aromatic carbocycles. The van der Waals surface area contributed by atoms with Gasteiger partial charge in [0.2, 0.25) is 5.91 Å². The number of aliphatic hydroxyl groups is 8. The number of amides is 1. The summed E-state index contributed by atoms with van der Waals surface area (Å²) in [6.07, 6.45) is 9.10. The maximum atomic E-state index is 13.0. The summed E-state index contributed by atoms with van der Waals surface area (Å²) in [7, 11) is 0. The fraction of sp³-hybridized carbons (Fsp3) is 0.976. The standard InChI is InChI=1S/C41H79NO13/c1-3-5-7-9-10-11-12-13-14-15-16-17-18-19-20-21-23-25-33(46)42-29(30(45)24-22-8-6-4-2)28-52-40-38(51)36(49)39(32(27-44)54-40)55-41-37(50)35(48)34(47)31(26-43)53-41/h29-32,34-41,43-45,47-51H,3-28H2,1-2H3,(H,42,46). The van der Waals surface area contributed by atoms with E-state index in [9.17, 15) is 45.6 Å². The molecule has 0 radical (unpaired) electrons. The van der Waals surface area contributed by atoms with Crippen molar-refractivity contribution in [2.24, 2.45) is 0 Å². The van der Waals surface area contributed by atoms with Gasteiger partial charge in [-0.15, -0.1) is 0 Å². The van der Waals surface area contributed by atoms with Crippen molar-refractivity contribution in [1.82, 2.24) is 5.32 Å². The molecule has 55 heavy (non-hydrogen) atoms. The Bertz CT molecular complexity index is 946. The molecule has 0 aromatic rings. The Labute approximate surface area is 330 Å². The van der Waals surface area contributed by atoms with Gasteiger partial charge in [0.15, 0.2) is 12.6 Å². The van der Waals surface area contributed by atoms with Crippen molar-refractivity contribution in [1.29, 1.82) is 0 Å². The Morgan fingerprint density at radius 2 is 1.04 bits per heavy atom. The second-order valence-electron chi connectivity index (χ2n) is 15.8. The van der Waals surface area contributed by atoms with E-state index in [2.05, 4.69) is 19.2 Å². The van der Waals surface area contributed by atoms with E-state index in [0.717, 1.165) is 51.4 Å². The minimum absolute atomic E-state index is 0.214. The molecule has 0 saturated carbocycles. The molecule has 14 nitrogen and oxygen atoms in total. The zero-order valence-electron chi connectivity index (χ0n) is 33.9. The number of carbonyl (C=O) groups is 1. The van der Waals surface area contributed by atoms with Gasteiger partial charge >= 0.3 is 0 Å².